The molecule has 0 fully saturated rings. The van der Waals surface area contributed by atoms with Crippen LogP contribution >= 0.6 is 0 Å². The number of para-hydroxylation sites is 2. The van der Waals surface area contributed by atoms with Crippen LogP contribution in [0.1, 0.15) is 18.0 Å². The van der Waals surface area contributed by atoms with Crippen LogP contribution in [0, 0.1) is 0 Å². The van der Waals surface area contributed by atoms with Gasteiger partial charge in [-0.05, 0) is 66.6 Å². The fourth-order valence-electron chi connectivity index (χ4n) is 5.09. The second-order valence-electron chi connectivity index (χ2n) is 9.23. The number of aromatic nitrogens is 3. The summed E-state index contributed by atoms with van der Waals surface area (Å²) in [6, 6.07) is 20.0. The van der Waals surface area contributed by atoms with E-state index >= 15 is 0 Å². The van der Waals surface area contributed by atoms with Crippen LogP contribution in [-0.2, 0) is 16.0 Å². The highest BCUT2D eigenvalue weighted by Gasteiger charge is 2.40. The molecule has 5 aromatic rings. The highest BCUT2D eigenvalue weighted by atomic mass is 16.5. The number of amides is 2. The van der Waals surface area contributed by atoms with Crippen molar-refractivity contribution >= 4 is 45.4 Å². The van der Waals surface area contributed by atoms with Crippen molar-refractivity contribution in [1.82, 2.24) is 14.5 Å². The number of fused-ring (bicyclic) bond motifs is 4. The van der Waals surface area contributed by atoms with Crippen molar-refractivity contribution in [2.24, 2.45) is 0 Å². The Labute approximate surface area is 219 Å². The maximum absolute atomic E-state index is 13.7. The molecule has 1 atom stereocenters. The summed E-state index contributed by atoms with van der Waals surface area (Å²) in [5.41, 5.74) is 4.35. The van der Waals surface area contributed by atoms with E-state index in [0.29, 0.717) is 30.4 Å². The van der Waals surface area contributed by atoms with Gasteiger partial charge in [0.1, 0.15) is 17.5 Å². The quantitative estimate of drug-likeness (QED) is 0.316. The van der Waals surface area contributed by atoms with Crippen LogP contribution in [0.25, 0.3) is 21.9 Å². The lowest BCUT2D eigenvalue weighted by atomic mass is 10.1. The Bertz CT molecular complexity index is 1650. The van der Waals surface area contributed by atoms with Crippen molar-refractivity contribution < 1.29 is 19.1 Å². The van der Waals surface area contributed by atoms with Gasteiger partial charge in [0.2, 0.25) is 11.9 Å². The van der Waals surface area contributed by atoms with Crippen LogP contribution in [0.3, 0.4) is 0 Å². The first-order valence-corrected chi connectivity index (χ1v) is 12.4. The maximum Gasteiger partial charge on any atom is 0.253 e. The number of nitrogens with zero attached hydrogens (tertiary/aromatic N) is 3. The number of aromatic amines is 1. The van der Waals surface area contributed by atoms with Gasteiger partial charge in [-0.2, -0.15) is 0 Å². The number of rotatable bonds is 8. The maximum atomic E-state index is 13.7. The Kier molecular flexibility index (Phi) is 5.95. The average Bonchev–Trinajstić information content (AvgIpc) is 3.59. The predicted molar refractivity (Wildman–Crippen MR) is 146 cm³/mol. The molecule has 0 radical (unpaired) electrons. The van der Waals surface area contributed by atoms with Crippen molar-refractivity contribution in [2.75, 3.05) is 31.0 Å². The van der Waals surface area contributed by atoms with Crippen molar-refractivity contribution in [3.8, 4) is 11.5 Å². The highest BCUT2D eigenvalue weighted by Crippen LogP contribution is 2.37. The van der Waals surface area contributed by atoms with Crippen molar-refractivity contribution in [3.05, 3.63) is 78.5 Å². The van der Waals surface area contributed by atoms with Gasteiger partial charge in [-0.15, -0.1) is 0 Å². The molecule has 1 aliphatic rings. The third kappa shape index (κ3) is 4.11. The number of nitrogens with one attached hydrogen (secondary N) is 2. The molecule has 9 heteroatoms. The Hall–Kier alpha value is -4.79. The average molecular weight is 510 g/mol. The van der Waals surface area contributed by atoms with E-state index in [2.05, 4.69) is 10.3 Å². The summed E-state index contributed by atoms with van der Waals surface area (Å²) in [6.07, 6.45) is 2.58. The minimum absolute atomic E-state index is 0.000991. The smallest absolute Gasteiger partial charge is 0.253 e. The SMILES string of the molecule is COc1ccc(NC(=O)C[C@@H]2C(=O)N(CCc3c[nH]c4ccc(OC)cc34)c3nc4ccccc4n32)cc1. The fraction of sp³-hybridized carbons (Fsp3) is 0.207. The van der Waals surface area contributed by atoms with Crippen LogP contribution in [0.5, 0.6) is 11.5 Å². The van der Waals surface area contributed by atoms with Gasteiger partial charge in [0, 0.05) is 29.3 Å². The number of H-pyrrole nitrogens is 1. The van der Waals surface area contributed by atoms with E-state index in [-0.39, 0.29) is 18.2 Å². The molecular formula is C29H27N5O4. The van der Waals surface area contributed by atoms with Crippen molar-refractivity contribution in [3.63, 3.8) is 0 Å². The van der Waals surface area contributed by atoms with Gasteiger partial charge in [0.05, 0.1) is 31.7 Å². The zero-order valence-corrected chi connectivity index (χ0v) is 21.1. The molecule has 192 valence electrons. The number of carbonyl (C=O) groups excluding carboxylic acids is 2. The molecule has 0 spiro atoms. The van der Waals surface area contributed by atoms with E-state index in [4.69, 9.17) is 14.5 Å². The third-order valence-corrected chi connectivity index (χ3v) is 7.01. The Morgan fingerprint density at radius 1 is 1.03 bits per heavy atom. The molecule has 0 unspecified atom stereocenters. The Balaban J connectivity index is 1.26. The van der Waals surface area contributed by atoms with Gasteiger partial charge in [-0.1, -0.05) is 12.1 Å². The van der Waals surface area contributed by atoms with E-state index in [1.165, 1.54) is 0 Å². The number of anilines is 2. The first-order chi connectivity index (χ1) is 18.6. The third-order valence-electron chi connectivity index (χ3n) is 7.01. The second-order valence-corrected chi connectivity index (χ2v) is 9.23. The lowest BCUT2D eigenvalue weighted by molar-refractivity contribution is -0.124. The molecule has 3 heterocycles. The number of ether oxygens (including phenoxy) is 2. The van der Waals surface area contributed by atoms with Crippen molar-refractivity contribution in [2.45, 2.75) is 18.9 Å². The van der Waals surface area contributed by atoms with E-state index in [9.17, 15) is 9.59 Å². The molecule has 2 aromatic heterocycles. The number of carbonyl (C=O) groups is 2. The molecule has 0 bridgehead atoms. The van der Waals surface area contributed by atoms with Crippen molar-refractivity contribution in [1.29, 1.82) is 0 Å². The molecule has 0 saturated carbocycles. The zero-order chi connectivity index (χ0) is 26.2. The first kappa shape index (κ1) is 23.6. The Morgan fingerprint density at radius 3 is 2.58 bits per heavy atom. The molecule has 1 aliphatic heterocycles. The molecule has 2 N–H and O–H groups in total. The normalized spacial score (nSPS) is 14.7. The molecule has 2 amide bonds. The number of benzene rings is 3. The standard InChI is InChI=1S/C29H27N5O4/c1-37-20-9-7-19(8-10-20)31-27(35)16-26-28(36)33(29-32-24-5-3-4-6-25(24)34(26)29)14-13-18-17-30-23-12-11-21(38-2)15-22(18)23/h3-12,15,17,26,30H,13-14,16H2,1-2H3,(H,31,35)/t26-/m1/s1. The summed E-state index contributed by atoms with van der Waals surface area (Å²) in [4.78, 5) is 36.5. The summed E-state index contributed by atoms with van der Waals surface area (Å²) in [5, 5.41) is 3.95. The van der Waals surface area contributed by atoms with E-state index in [1.54, 1.807) is 43.4 Å². The number of hydrogen-bond acceptors (Lipinski definition) is 5. The molecular weight excluding hydrogens is 482 g/mol. The topological polar surface area (TPSA) is 101 Å². The van der Waals surface area contributed by atoms with Crippen LogP contribution in [0.4, 0.5) is 11.6 Å². The molecule has 0 aliphatic carbocycles. The molecule has 3 aromatic carbocycles. The minimum Gasteiger partial charge on any atom is -0.497 e. The lowest BCUT2D eigenvalue weighted by Crippen LogP contribution is -2.33. The summed E-state index contributed by atoms with van der Waals surface area (Å²) in [5.74, 6) is 1.66. The van der Waals surface area contributed by atoms with Gasteiger partial charge in [0.25, 0.3) is 5.91 Å². The zero-order valence-electron chi connectivity index (χ0n) is 21.1. The first-order valence-electron chi connectivity index (χ1n) is 12.4. The highest BCUT2D eigenvalue weighted by molar-refractivity contribution is 6.05. The molecule has 0 saturated heterocycles. The van der Waals surface area contributed by atoms with E-state index < -0.39 is 6.04 Å². The number of hydrogen-bond donors (Lipinski definition) is 2. The molecule has 9 nitrogen and oxygen atoms in total. The van der Waals surface area contributed by atoms with Crippen LogP contribution in [0.15, 0.2) is 72.9 Å². The number of imidazole rings is 1. The van der Waals surface area contributed by atoms with Crippen LogP contribution in [0.2, 0.25) is 0 Å². The van der Waals surface area contributed by atoms with Gasteiger partial charge in [0.15, 0.2) is 0 Å². The van der Waals surface area contributed by atoms with Crippen LogP contribution < -0.4 is 19.7 Å². The number of methoxy groups -OCH3 is 2. The molecule has 6 rings (SSSR count). The lowest BCUT2D eigenvalue weighted by Gasteiger charge is -2.16. The van der Waals surface area contributed by atoms with E-state index in [0.717, 1.165) is 33.2 Å². The van der Waals surface area contributed by atoms with Gasteiger partial charge >= 0.3 is 0 Å². The second kappa shape index (κ2) is 9.59. The van der Waals surface area contributed by atoms with Gasteiger partial charge in [-0.3, -0.25) is 19.1 Å². The van der Waals surface area contributed by atoms with Gasteiger partial charge < -0.3 is 19.8 Å². The summed E-state index contributed by atoms with van der Waals surface area (Å²) < 4.78 is 12.5. The minimum atomic E-state index is -0.682. The fourth-order valence-corrected chi connectivity index (χ4v) is 5.09. The van der Waals surface area contributed by atoms with Crippen LogP contribution in [-0.4, -0.2) is 47.1 Å². The van der Waals surface area contributed by atoms with Gasteiger partial charge in [-0.25, -0.2) is 4.98 Å². The summed E-state index contributed by atoms with van der Waals surface area (Å²) in [6.45, 7) is 0.433. The summed E-state index contributed by atoms with van der Waals surface area (Å²) in [7, 11) is 3.24. The summed E-state index contributed by atoms with van der Waals surface area (Å²) >= 11 is 0. The van der Waals surface area contributed by atoms with E-state index in [1.807, 2.05) is 53.2 Å². The Morgan fingerprint density at radius 2 is 1.79 bits per heavy atom. The largest absolute Gasteiger partial charge is 0.497 e. The molecule has 38 heavy (non-hydrogen) atoms. The predicted octanol–water partition coefficient (Wildman–Crippen LogP) is 4.69. The monoisotopic (exact) mass is 509 g/mol.